The van der Waals surface area contributed by atoms with Crippen LogP contribution in [0.2, 0.25) is 0 Å². The Bertz CT molecular complexity index is 838. The van der Waals surface area contributed by atoms with E-state index in [-0.39, 0.29) is 23.7 Å². The fourth-order valence-corrected chi connectivity index (χ4v) is 4.92. The van der Waals surface area contributed by atoms with Crippen LogP contribution in [0.25, 0.3) is 0 Å². The van der Waals surface area contributed by atoms with Crippen LogP contribution in [0.3, 0.4) is 0 Å². The van der Waals surface area contributed by atoms with Crippen molar-refractivity contribution in [2.24, 2.45) is 5.92 Å². The Morgan fingerprint density at radius 1 is 1.36 bits per heavy atom. The number of carbonyl (C=O) groups is 2. The van der Waals surface area contributed by atoms with Crippen LogP contribution in [-0.4, -0.2) is 51.7 Å². The van der Waals surface area contributed by atoms with Crippen LogP contribution >= 0.6 is 23.1 Å². The van der Waals surface area contributed by atoms with Gasteiger partial charge in [-0.3, -0.25) is 9.59 Å². The van der Waals surface area contributed by atoms with E-state index in [1.54, 1.807) is 11.0 Å². The second-order valence-corrected chi connectivity index (χ2v) is 9.52. The van der Waals surface area contributed by atoms with Gasteiger partial charge in [0.25, 0.3) is 0 Å². The minimum atomic E-state index is -0.166. The molecule has 0 spiro atoms. The van der Waals surface area contributed by atoms with Gasteiger partial charge in [-0.2, -0.15) is 0 Å². The van der Waals surface area contributed by atoms with Gasteiger partial charge < -0.3 is 9.64 Å². The predicted octanol–water partition coefficient (Wildman–Crippen LogP) is 3.85. The number of hydrogen-bond acceptors (Lipinski definition) is 7. The molecular formula is C20H25N3O3S2. The molecule has 1 aromatic heterocycles. The van der Waals surface area contributed by atoms with Crippen molar-refractivity contribution in [1.82, 2.24) is 15.1 Å². The van der Waals surface area contributed by atoms with Gasteiger partial charge in [-0.05, 0) is 45.7 Å². The summed E-state index contributed by atoms with van der Waals surface area (Å²) in [5.41, 5.74) is 0.649. The van der Waals surface area contributed by atoms with Crippen molar-refractivity contribution in [2.45, 2.75) is 44.1 Å². The predicted molar refractivity (Wildman–Crippen MR) is 111 cm³/mol. The van der Waals surface area contributed by atoms with Crippen LogP contribution < -0.4 is 4.74 Å². The fraction of sp³-hybridized carbons (Fsp3) is 0.500. The van der Waals surface area contributed by atoms with Crippen molar-refractivity contribution in [3.63, 3.8) is 0 Å². The normalized spacial score (nSPS) is 17.0. The Balaban J connectivity index is 1.59. The van der Waals surface area contributed by atoms with Crippen molar-refractivity contribution >= 4 is 34.8 Å². The molecular weight excluding hydrogens is 394 g/mol. The van der Waals surface area contributed by atoms with Gasteiger partial charge in [0.2, 0.25) is 5.91 Å². The monoisotopic (exact) mass is 419 g/mol. The molecule has 1 atom stereocenters. The number of carbonyl (C=O) groups excluding carboxylic acids is 2. The van der Waals surface area contributed by atoms with E-state index in [0.29, 0.717) is 30.2 Å². The Morgan fingerprint density at radius 3 is 2.89 bits per heavy atom. The zero-order valence-electron chi connectivity index (χ0n) is 16.4. The number of thioether (sulfide) groups is 1. The molecule has 1 fully saturated rings. The van der Waals surface area contributed by atoms with E-state index in [0.717, 1.165) is 22.2 Å². The number of aryl methyl sites for hydroxylation is 1. The number of piperidine rings is 1. The molecule has 2 heterocycles. The first-order valence-corrected chi connectivity index (χ1v) is 11.2. The topological polar surface area (TPSA) is 72.4 Å². The highest BCUT2D eigenvalue weighted by Gasteiger charge is 2.29. The van der Waals surface area contributed by atoms with E-state index >= 15 is 0 Å². The Kier molecular flexibility index (Phi) is 7.07. The summed E-state index contributed by atoms with van der Waals surface area (Å²) in [7, 11) is 0. The molecule has 1 aliphatic heterocycles. The van der Waals surface area contributed by atoms with Gasteiger partial charge in [-0.25, -0.2) is 0 Å². The molecule has 2 aromatic rings. The average Bonchev–Trinajstić information content (AvgIpc) is 3.10. The zero-order chi connectivity index (χ0) is 20.1. The third kappa shape index (κ3) is 5.54. The molecule has 0 bridgehead atoms. The minimum absolute atomic E-state index is 0.0484. The lowest BCUT2D eigenvalue weighted by molar-refractivity contribution is -0.129. The number of Topliss-reactive ketones (excluding diaryl/α,β-unsaturated/α-hetero) is 1. The van der Waals surface area contributed by atoms with E-state index in [1.807, 2.05) is 39.0 Å². The molecule has 3 rings (SSSR count). The van der Waals surface area contributed by atoms with Gasteiger partial charge in [0.05, 0.1) is 11.9 Å². The van der Waals surface area contributed by atoms with E-state index in [9.17, 15) is 9.59 Å². The van der Waals surface area contributed by atoms with Crippen LogP contribution in [0, 0.1) is 12.8 Å². The van der Waals surface area contributed by atoms with E-state index in [4.69, 9.17) is 4.74 Å². The van der Waals surface area contributed by atoms with Crippen LogP contribution in [-0.2, 0) is 4.79 Å². The lowest BCUT2D eigenvalue weighted by Crippen LogP contribution is -2.43. The summed E-state index contributed by atoms with van der Waals surface area (Å²) in [6.07, 6.45) is 1.70. The maximum absolute atomic E-state index is 13.0. The van der Waals surface area contributed by atoms with Gasteiger partial charge in [0.1, 0.15) is 10.8 Å². The van der Waals surface area contributed by atoms with Gasteiger partial charge in [-0.1, -0.05) is 35.2 Å². The average molecular weight is 420 g/mol. The highest BCUT2D eigenvalue weighted by molar-refractivity contribution is 8.01. The van der Waals surface area contributed by atoms with Gasteiger partial charge in [0.15, 0.2) is 10.1 Å². The number of rotatable bonds is 7. The molecule has 0 unspecified atom stereocenters. The molecule has 0 radical (unpaired) electrons. The molecule has 8 heteroatoms. The maximum atomic E-state index is 13.0. The summed E-state index contributed by atoms with van der Waals surface area (Å²) in [6.45, 7) is 6.99. The summed E-state index contributed by atoms with van der Waals surface area (Å²) >= 11 is 2.90. The van der Waals surface area contributed by atoms with E-state index in [1.165, 1.54) is 23.1 Å². The van der Waals surface area contributed by atoms with E-state index in [2.05, 4.69) is 10.2 Å². The van der Waals surface area contributed by atoms with Gasteiger partial charge >= 0.3 is 0 Å². The van der Waals surface area contributed by atoms with Crippen LogP contribution in [0.1, 0.15) is 42.1 Å². The summed E-state index contributed by atoms with van der Waals surface area (Å²) in [6, 6.07) is 7.33. The number of hydrogen-bond donors (Lipinski definition) is 0. The standard InChI is InChI=1S/C20H25N3O3S2/c1-13(2)26-17-8-4-6-15(10-17)19(25)16-7-5-9-23(11-16)18(24)12-27-20-22-21-14(3)28-20/h4,6,8,10,13,16H,5,7,9,11-12H2,1-3H3/t16-/m0/s1. The second kappa shape index (κ2) is 9.52. The molecule has 1 aromatic carbocycles. The highest BCUT2D eigenvalue weighted by Crippen LogP contribution is 2.26. The summed E-state index contributed by atoms with van der Waals surface area (Å²) in [5.74, 6) is 0.994. The SMILES string of the molecule is Cc1nnc(SCC(=O)N2CCC[C@H](C(=O)c3cccc(OC(C)C)c3)C2)s1. The third-order valence-electron chi connectivity index (χ3n) is 4.46. The summed E-state index contributed by atoms with van der Waals surface area (Å²) in [4.78, 5) is 27.4. The van der Waals surface area contributed by atoms with Gasteiger partial charge in [-0.15, -0.1) is 10.2 Å². The van der Waals surface area contributed by atoms with Crippen LogP contribution in [0.4, 0.5) is 0 Å². The number of amides is 1. The fourth-order valence-electron chi connectivity index (χ4n) is 3.20. The third-order valence-corrected chi connectivity index (χ3v) is 6.42. The van der Waals surface area contributed by atoms with E-state index < -0.39 is 0 Å². The highest BCUT2D eigenvalue weighted by atomic mass is 32.2. The number of aromatic nitrogens is 2. The van der Waals surface area contributed by atoms with Crippen molar-refractivity contribution < 1.29 is 14.3 Å². The Hall–Kier alpha value is -1.93. The first-order valence-electron chi connectivity index (χ1n) is 9.44. The Labute approximate surface area is 173 Å². The molecule has 6 nitrogen and oxygen atoms in total. The minimum Gasteiger partial charge on any atom is -0.491 e. The van der Waals surface area contributed by atoms with Crippen molar-refractivity contribution in [2.75, 3.05) is 18.8 Å². The van der Waals surface area contributed by atoms with Crippen molar-refractivity contribution in [3.8, 4) is 5.75 Å². The van der Waals surface area contributed by atoms with Crippen LogP contribution in [0.15, 0.2) is 28.6 Å². The number of nitrogens with zero attached hydrogens (tertiary/aromatic N) is 3. The molecule has 0 aliphatic carbocycles. The summed E-state index contributed by atoms with van der Waals surface area (Å²) < 4.78 is 6.50. The Morgan fingerprint density at radius 2 is 2.18 bits per heavy atom. The zero-order valence-corrected chi connectivity index (χ0v) is 18.0. The lowest BCUT2D eigenvalue weighted by atomic mass is 9.90. The van der Waals surface area contributed by atoms with Crippen molar-refractivity contribution in [1.29, 1.82) is 0 Å². The quantitative estimate of drug-likeness (QED) is 0.501. The number of ketones is 1. The molecule has 1 aliphatic rings. The maximum Gasteiger partial charge on any atom is 0.233 e. The molecule has 0 N–H and O–H groups in total. The van der Waals surface area contributed by atoms with Gasteiger partial charge in [0, 0.05) is 24.6 Å². The number of benzene rings is 1. The molecule has 150 valence electrons. The number of likely N-dealkylation sites (tertiary alicyclic amines) is 1. The molecule has 1 saturated heterocycles. The molecule has 0 saturated carbocycles. The van der Waals surface area contributed by atoms with Crippen LogP contribution in [0.5, 0.6) is 5.75 Å². The second-order valence-electron chi connectivity index (χ2n) is 7.11. The first kappa shape index (κ1) is 20.8. The summed E-state index contributed by atoms with van der Waals surface area (Å²) in [5, 5.41) is 8.90. The van der Waals surface area contributed by atoms with Crippen molar-refractivity contribution in [3.05, 3.63) is 34.8 Å². The number of ether oxygens (including phenoxy) is 1. The lowest BCUT2D eigenvalue weighted by Gasteiger charge is -2.32. The largest absolute Gasteiger partial charge is 0.491 e. The molecule has 1 amide bonds. The first-order chi connectivity index (χ1) is 13.4. The molecule has 28 heavy (non-hydrogen) atoms. The smallest absolute Gasteiger partial charge is 0.233 e.